The number of ether oxygens (including phenoxy) is 2. The molecule has 1 N–H and O–H groups in total. The molecule has 0 aliphatic heterocycles. The minimum Gasteiger partial charge on any atom is -0.481 e. The fourth-order valence-corrected chi connectivity index (χ4v) is 2.67. The molecule has 0 aromatic carbocycles. The second-order valence-electron chi connectivity index (χ2n) is 6.55. The van der Waals surface area contributed by atoms with Crippen LogP contribution in [-0.2, 0) is 23.9 Å². The fraction of sp³-hybridized carbons (Fsp3) is 0.706. The lowest BCUT2D eigenvalue weighted by molar-refractivity contribution is -0.226. The van der Waals surface area contributed by atoms with Crippen LogP contribution in [0.2, 0.25) is 0 Å². The average molecular weight is 326 g/mol. The number of rotatable bonds is 6. The van der Waals surface area contributed by atoms with Gasteiger partial charge in [0.1, 0.15) is 0 Å². The molecule has 6 nitrogen and oxygen atoms in total. The lowest BCUT2D eigenvalue weighted by Crippen LogP contribution is -2.42. The van der Waals surface area contributed by atoms with E-state index in [1.165, 1.54) is 13.8 Å². The molecule has 0 amide bonds. The molecule has 0 saturated heterocycles. The summed E-state index contributed by atoms with van der Waals surface area (Å²) in [4.78, 5) is 35.5. The van der Waals surface area contributed by atoms with E-state index >= 15 is 0 Å². The molecule has 0 bridgehead atoms. The van der Waals surface area contributed by atoms with Gasteiger partial charge in [-0.1, -0.05) is 20.4 Å². The van der Waals surface area contributed by atoms with Gasteiger partial charge < -0.3 is 14.6 Å². The molecular weight excluding hydrogens is 300 g/mol. The number of hydrogen-bond acceptors (Lipinski definition) is 5. The van der Waals surface area contributed by atoms with Gasteiger partial charge in [0, 0.05) is 18.9 Å². The second kappa shape index (κ2) is 7.62. The van der Waals surface area contributed by atoms with E-state index in [4.69, 9.17) is 9.47 Å². The van der Waals surface area contributed by atoms with Gasteiger partial charge in [0.2, 0.25) is 0 Å². The first-order valence-electron chi connectivity index (χ1n) is 7.94. The zero-order chi connectivity index (χ0) is 17.8. The highest BCUT2D eigenvalue weighted by Crippen LogP contribution is 2.36. The van der Waals surface area contributed by atoms with E-state index in [1.807, 2.05) is 6.92 Å². The van der Waals surface area contributed by atoms with Crippen molar-refractivity contribution >= 4 is 17.9 Å². The Kier molecular flexibility index (Phi) is 6.36. The molecule has 4 unspecified atom stereocenters. The molecule has 4 atom stereocenters. The normalized spacial score (nSPS) is 26.7. The highest BCUT2D eigenvalue weighted by Gasteiger charge is 2.42. The van der Waals surface area contributed by atoms with Gasteiger partial charge in [-0.25, -0.2) is 4.79 Å². The van der Waals surface area contributed by atoms with Crippen LogP contribution in [0.1, 0.15) is 53.4 Å². The van der Waals surface area contributed by atoms with E-state index in [9.17, 15) is 19.5 Å². The van der Waals surface area contributed by atoms with Crippen LogP contribution in [0.5, 0.6) is 0 Å². The van der Waals surface area contributed by atoms with Gasteiger partial charge in [-0.05, 0) is 32.1 Å². The molecule has 23 heavy (non-hydrogen) atoms. The van der Waals surface area contributed by atoms with Crippen molar-refractivity contribution in [3.8, 4) is 0 Å². The van der Waals surface area contributed by atoms with Crippen molar-refractivity contribution in [1.29, 1.82) is 0 Å². The lowest BCUT2D eigenvalue weighted by Gasteiger charge is -2.34. The monoisotopic (exact) mass is 326 g/mol. The summed E-state index contributed by atoms with van der Waals surface area (Å²) in [5.41, 5.74) is 0.204. The van der Waals surface area contributed by atoms with Crippen LogP contribution in [0, 0.1) is 17.8 Å². The van der Waals surface area contributed by atoms with Crippen LogP contribution < -0.4 is 0 Å². The lowest BCUT2D eigenvalue weighted by atomic mass is 9.74. The maximum Gasteiger partial charge on any atom is 0.336 e. The van der Waals surface area contributed by atoms with Crippen molar-refractivity contribution in [2.75, 3.05) is 0 Å². The predicted molar refractivity (Wildman–Crippen MR) is 83.3 cm³/mol. The summed E-state index contributed by atoms with van der Waals surface area (Å²) >= 11 is 0. The number of carboxylic acid groups (broad SMARTS) is 1. The fourth-order valence-electron chi connectivity index (χ4n) is 2.67. The van der Waals surface area contributed by atoms with Crippen molar-refractivity contribution in [3.63, 3.8) is 0 Å². The van der Waals surface area contributed by atoms with Crippen LogP contribution in [0.3, 0.4) is 0 Å². The Morgan fingerprint density at radius 2 is 1.83 bits per heavy atom. The van der Waals surface area contributed by atoms with Crippen LogP contribution in [-0.4, -0.2) is 28.8 Å². The summed E-state index contributed by atoms with van der Waals surface area (Å²) in [6.45, 7) is 10.2. The predicted octanol–water partition coefficient (Wildman–Crippen LogP) is 2.91. The SMILES string of the molecule is C=C(C)C(=O)OC(C)(CC)OC(=O)C1CCC(C)CC1C(=O)O. The molecule has 6 heteroatoms. The summed E-state index contributed by atoms with van der Waals surface area (Å²) in [7, 11) is 0. The molecule has 1 aliphatic carbocycles. The van der Waals surface area contributed by atoms with Crippen LogP contribution >= 0.6 is 0 Å². The number of carboxylic acids is 1. The Morgan fingerprint density at radius 1 is 1.22 bits per heavy atom. The molecule has 0 aromatic heterocycles. The minimum absolute atomic E-state index is 0.204. The Balaban J connectivity index is 2.83. The van der Waals surface area contributed by atoms with E-state index in [0.29, 0.717) is 12.8 Å². The highest BCUT2D eigenvalue weighted by molar-refractivity contribution is 5.87. The molecule has 1 fully saturated rings. The molecule has 0 aromatic rings. The second-order valence-corrected chi connectivity index (χ2v) is 6.55. The Bertz CT molecular complexity index is 497. The number of esters is 2. The number of carbonyl (C=O) groups excluding carboxylic acids is 2. The molecular formula is C17H26O6. The first-order chi connectivity index (χ1) is 10.6. The molecule has 0 heterocycles. The van der Waals surface area contributed by atoms with E-state index < -0.39 is 35.5 Å². The van der Waals surface area contributed by atoms with Crippen molar-refractivity contribution in [2.45, 2.75) is 59.2 Å². The van der Waals surface area contributed by atoms with Gasteiger partial charge in [0.05, 0.1) is 11.8 Å². The van der Waals surface area contributed by atoms with Gasteiger partial charge in [0.25, 0.3) is 5.79 Å². The Hall–Kier alpha value is -1.85. The van der Waals surface area contributed by atoms with Gasteiger partial charge >= 0.3 is 17.9 Å². The zero-order valence-corrected chi connectivity index (χ0v) is 14.3. The van der Waals surface area contributed by atoms with Gasteiger partial charge in [0.15, 0.2) is 0 Å². The van der Waals surface area contributed by atoms with Crippen LogP contribution in [0.25, 0.3) is 0 Å². The third-order valence-corrected chi connectivity index (χ3v) is 4.35. The molecule has 0 spiro atoms. The van der Waals surface area contributed by atoms with Crippen molar-refractivity contribution in [2.24, 2.45) is 17.8 Å². The zero-order valence-electron chi connectivity index (χ0n) is 14.3. The molecule has 130 valence electrons. The van der Waals surface area contributed by atoms with Gasteiger partial charge in [-0.3, -0.25) is 9.59 Å². The molecule has 1 aliphatic rings. The smallest absolute Gasteiger partial charge is 0.336 e. The summed E-state index contributed by atoms with van der Waals surface area (Å²) in [5, 5.41) is 9.34. The summed E-state index contributed by atoms with van der Waals surface area (Å²) in [6.07, 6.45) is 1.95. The van der Waals surface area contributed by atoms with Crippen LogP contribution in [0.4, 0.5) is 0 Å². The first kappa shape index (κ1) is 19.2. The third-order valence-electron chi connectivity index (χ3n) is 4.35. The van der Waals surface area contributed by atoms with E-state index in [1.54, 1.807) is 6.92 Å². The molecule has 1 saturated carbocycles. The van der Waals surface area contributed by atoms with E-state index in [0.717, 1.165) is 6.42 Å². The molecule has 0 radical (unpaired) electrons. The van der Waals surface area contributed by atoms with Crippen molar-refractivity contribution in [1.82, 2.24) is 0 Å². The molecule has 1 rings (SSSR count). The maximum atomic E-state index is 12.4. The largest absolute Gasteiger partial charge is 0.481 e. The summed E-state index contributed by atoms with van der Waals surface area (Å²) in [6, 6.07) is 0. The van der Waals surface area contributed by atoms with Gasteiger partial charge in [-0.15, -0.1) is 0 Å². The standard InChI is InChI=1S/C17H26O6/c1-6-17(5,22-15(20)10(2)3)23-16(21)12-8-7-11(4)9-13(12)14(18)19/h11-13H,2,6-9H2,1,3-5H3,(H,18,19). The number of carbonyl (C=O) groups is 3. The van der Waals surface area contributed by atoms with Gasteiger partial charge in [-0.2, -0.15) is 0 Å². The highest BCUT2D eigenvalue weighted by atomic mass is 16.7. The number of hydrogen-bond donors (Lipinski definition) is 1. The minimum atomic E-state index is -1.42. The van der Waals surface area contributed by atoms with Crippen molar-refractivity contribution < 1.29 is 29.0 Å². The Labute approximate surface area is 136 Å². The van der Waals surface area contributed by atoms with E-state index in [-0.39, 0.29) is 17.9 Å². The van der Waals surface area contributed by atoms with E-state index in [2.05, 4.69) is 6.58 Å². The number of aliphatic carboxylic acids is 1. The topological polar surface area (TPSA) is 89.9 Å². The summed E-state index contributed by atoms with van der Waals surface area (Å²) in [5.74, 6) is -4.88. The summed E-state index contributed by atoms with van der Waals surface area (Å²) < 4.78 is 10.6. The quantitative estimate of drug-likeness (QED) is 0.458. The van der Waals surface area contributed by atoms with Crippen molar-refractivity contribution in [3.05, 3.63) is 12.2 Å². The first-order valence-corrected chi connectivity index (χ1v) is 7.94. The maximum absolute atomic E-state index is 12.4. The van der Waals surface area contributed by atoms with Crippen LogP contribution in [0.15, 0.2) is 12.2 Å². The Morgan fingerprint density at radius 3 is 2.30 bits per heavy atom. The third kappa shape index (κ3) is 5.08. The average Bonchev–Trinajstić information content (AvgIpc) is 2.46.